The van der Waals surface area contributed by atoms with E-state index < -0.39 is 5.60 Å². The van der Waals surface area contributed by atoms with Crippen LogP contribution < -0.4 is 0 Å². The van der Waals surface area contributed by atoms with E-state index >= 15 is 0 Å². The van der Waals surface area contributed by atoms with Gasteiger partial charge in [-0.25, -0.2) is 0 Å². The number of thiophene rings is 1. The van der Waals surface area contributed by atoms with Crippen LogP contribution in [0.2, 0.25) is 4.34 Å². The van der Waals surface area contributed by atoms with Crippen LogP contribution in [0.5, 0.6) is 0 Å². The zero-order valence-electron chi connectivity index (χ0n) is 8.33. The summed E-state index contributed by atoms with van der Waals surface area (Å²) in [6.45, 7) is 0. The Labute approximate surface area is 97.9 Å². The first-order chi connectivity index (χ1) is 7.10. The quantitative estimate of drug-likeness (QED) is 0.888. The molecule has 1 aromatic rings. The monoisotopic (exact) mass is 244 g/mol. The van der Waals surface area contributed by atoms with Crippen LogP contribution in [0.4, 0.5) is 0 Å². The predicted octanol–water partition coefficient (Wildman–Crippen LogP) is 2.82. The highest BCUT2D eigenvalue weighted by Crippen LogP contribution is 2.32. The molecular formula is C11H13ClO2S. The lowest BCUT2D eigenvalue weighted by Gasteiger charge is -2.19. The first kappa shape index (κ1) is 11.1. The van der Waals surface area contributed by atoms with Gasteiger partial charge in [0.25, 0.3) is 0 Å². The lowest BCUT2D eigenvalue weighted by Crippen LogP contribution is -2.36. The van der Waals surface area contributed by atoms with E-state index in [4.69, 9.17) is 11.6 Å². The molecule has 0 radical (unpaired) electrons. The van der Waals surface area contributed by atoms with Gasteiger partial charge in [-0.05, 0) is 37.8 Å². The molecule has 2 rings (SSSR count). The molecule has 0 unspecified atom stereocenters. The number of rotatable bonds is 3. The molecule has 1 N–H and O–H groups in total. The zero-order valence-corrected chi connectivity index (χ0v) is 9.90. The van der Waals surface area contributed by atoms with Crippen molar-refractivity contribution in [3.63, 3.8) is 0 Å². The van der Waals surface area contributed by atoms with E-state index in [1.165, 1.54) is 11.3 Å². The van der Waals surface area contributed by atoms with Crippen LogP contribution in [-0.2, 0) is 11.2 Å². The Morgan fingerprint density at radius 3 is 2.67 bits per heavy atom. The second-order valence-corrected chi connectivity index (χ2v) is 5.84. The van der Waals surface area contributed by atoms with Crippen molar-refractivity contribution < 1.29 is 9.90 Å². The molecule has 0 bridgehead atoms. The summed E-state index contributed by atoms with van der Waals surface area (Å²) >= 11 is 7.19. The molecule has 15 heavy (non-hydrogen) atoms. The van der Waals surface area contributed by atoms with E-state index in [1.807, 2.05) is 6.07 Å². The second kappa shape index (κ2) is 4.24. The first-order valence-corrected chi connectivity index (χ1v) is 6.29. The summed E-state index contributed by atoms with van der Waals surface area (Å²) in [6.07, 6.45) is 3.45. The maximum atomic E-state index is 11.9. The summed E-state index contributed by atoms with van der Waals surface area (Å²) in [5, 5.41) is 10.0. The van der Waals surface area contributed by atoms with Crippen LogP contribution in [0, 0.1) is 0 Å². The number of Topliss-reactive ketones (excluding diaryl/α,β-unsaturated/α-hetero) is 1. The van der Waals surface area contributed by atoms with Gasteiger partial charge in [-0.2, -0.15) is 0 Å². The fraction of sp³-hybridized carbons (Fsp3) is 0.545. The summed E-state index contributed by atoms with van der Waals surface area (Å²) in [6, 6.07) is 3.64. The van der Waals surface area contributed by atoms with Gasteiger partial charge in [-0.1, -0.05) is 11.6 Å². The third-order valence-electron chi connectivity index (χ3n) is 2.91. The van der Waals surface area contributed by atoms with Crippen LogP contribution in [0.1, 0.15) is 30.6 Å². The van der Waals surface area contributed by atoms with Crippen LogP contribution in [0.3, 0.4) is 0 Å². The van der Waals surface area contributed by atoms with Gasteiger partial charge in [0, 0.05) is 11.3 Å². The average molecular weight is 245 g/mol. The molecule has 0 aliphatic heterocycles. The molecule has 1 aromatic heterocycles. The third kappa shape index (κ3) is 2.41. The minimum Gasteiger partial charge on any atom is -0.382 e. The summed E-state index contributed by atoms with van der Waals surface area (Å²) in [4.78, 5) is 12.8. The fourth-order valence-electron chi connectivity index (χ4n) is 2.01. The van der Waals surface area contributed by atoms with E-state index in [1.54, 1.807) is 6.07 Å². The van der Waals surface area contributed by atoms with Crippen molar-refractivity contribution in [1.82, 2.24) is 0 Å². The summed E-state index contributed by atoms with van der Waals surface area (Å²) in [7, 11) is 0. The molecule has 0 aromatic carbocycles. The molecule has 0 saturated heterocycles. The topological polar surface area (TPSA) is 37.3 Å². The van der Waals surface area contributed by atoms with Gasteiger partial charge in [0.15, 0.2) is 5.78 Å². The Hall–Kier alpha value is -0.380. The smallest absolute Gasteiger partial charge is 0.169 e. The molecule has 2 nitrogen and oxygen atoms in total. The summed E-state index contributed by atoms with van der Waals surface area (Å²) in [5.41, 5.74) is -1.06. The number of carbonyl (C=O) groups excluding carboxylic acids is 1. The van der Waals surface area contributed by atoms with Gasteiger partial charge < -0.3 is 5.11 Å². The van der Waals surface area contributed by atoms with Crippen molar-refractivity contribution in [1.29, 1.82) is 0 Å². The van der Waals surface area contributed by atoms with Crippen molar-refractivity contribution in [2.24, 2.45) is 0 Å². The number of ketones is 1. The van der Waals surface area contributed by atoms with Crippen molar-refractivity contribution in [2.75, 3.05) is 0 Å². The van der Waals surface area contributed by atoms with Gasteiger partial charge in [0.2, 0.25) is 0 Å². The van der Waals surface area contributed by atoms with Crippen LogP contribution >= 0.6 is 22.9 Å². The molecule has 82 valence electrons. The van der Waals surface area contributed by atoms with Crippen LogP contribution in [0.25, 0.3) is 0 Å². The summed E-state index contributed by atoms with van der Waals surface area (Å²) in [5.74, 6) is -0.0569. The molecule has 1 aliphatic rings. The van der Waals surface area contributed by atoms with Gasteiger partial charge in [-0.15, -0.1) is 11.3 Å². The van der Waals surface area contributed by atoms with Crippen LogP contribution in [0.15, 0.2) is 12.1 Å². The molecule has 4 heteroatoms. The molecule has 1 fully saturated rings. The normalized spacial score (nSPS) is 19.3. The van der Waals surface area contributed by atoms with E-state index in [2.05, 4.69) is 0 Å². The van der Waals surface area contributed by atoms with Gasteiger partial charge in [0.1, 0.15) is 5.60 Å². The minimum atomic E-state index is -1.06. The van der Waals surface area contributed by atoms with Gasteiger partial charge in [-0.3, -0.25) is 4.79 Å². The van der Waals surface area contributed by atoms with E-state index in [0.29, 0.717) is 23.6 Å². The number of aliphatic hydroxyl groups is 1. The molecule has 0 amide bonds. The van der Waals surface area contributed by atoms with Gasteiger partial charge in [0.05, 0.1) is 4.34 Å². The van der Waals surface area contributed by atoms with E-state index in [-0.39, 0.29) is 5.78 Å². The molecule has 0 spiro atoms. The molecule has 1 aliphatic carbocycles. The number of halogens is 1. The number of carbonyl (C=O) groups is 1. The Kier molecular flexibility index (Phi) is 3.14. The van der Waals surface area contributed by atoms with Crippen molar-refractivity contribution in [3.8, 4) is 0 Å². The predicted molar refractivity (Wildman–Crippen MR) is 61.5 cm³/mol. The molecule has 1 heterocycles. The van der Waals surface area contributed by atoms with Crippen LogP contribution in [-0.4, -0.2) is 16.5 Å². The number of hydrogen-bond donors (Lipinski definition) is 1. The SMILES string of the molecule is O=C(Cc1ccc(Cl)s1)C1(O)CCCC1. The standard InChI is InChI=1S/C11H13ClO2S/c12-10-4-3-8(15-10)7-9(13)11(14)5-1-2-6-11/h3-4,14H,1-2,5-7H2. The minimum absolute atomic E-state index is 0.0569. The Morgan fingerprint density at radius 2 is 2.13 bits per heavy atom. The van der Waals surface area contributed by atoms with E-state index in [0.717, 1.165) is 17.7 Å². The lowest BCUT2D eigenvalue weighted by molar-refractivity contribution is -0.135. The molecular weight excluding hydrogens is 232 g/mol. The largest absolute Gasteiger partial charge is 0.382 e. The van der Waals surface area contributed by atoms with E-state index in [9.17, 15) is 9.90 Å². The average Bonchev–Trinajstić information content (AvgIpc) is 2.76. The van der Waals surface area contributed by atoms with Gasteiger partial charge >= 0.3 is 0 Å². The van der Waals surface area contributed by atoms with Crippen molar-refractivity contribution in [2.45, 2.75) is 37.7 Å². The Morgan fingerprint density at radius 1 is 1.47 bits per heavy atom. The maximum absolute atomic E-state index is 11.9. The number of hydrogen-bond acceptors (Lipinski definition) is 3. The lowest BCUT2D eigenvalue weighted by atomic mass is 9.94. The maximum Gasteiger partial charge on any atom is 0.169 e. The van der Waals surface area contributed by atoms with Crippen molar-refractivity contribution >= 4 is 28.7 Å². The Balaban J connectivity index is 2.03. The zero-order chi connectivity index (χ0) is 10.9. The second-order valence-electron chi connectivity index (χ2n) is 4.04. The molecule has 0 atom stereocenters. The highest BCUT2D eigenvalue weighted by Gasteiger charge is 2.38. The first-order valence-electron chi connectivity index (χ1n) is 5.10. The summed E-state index contributed by atoms with van der Waals surface area (Å²) < 4.78 is 0.691. The highest BCUT2D eigenvalue weighted by molar-refractivity contribution is 7.16. The Bertz CT molecular complexity index is 366. The van der Waals surface area contributed by atoms with Crippen molar-refractivity contribution in [3.05, 3.63) is 21.3 Å². The third-order valence-corrected chi connectivity index (χ3v) is 4.14. The molecule has 1 saturated carbocycles. The highest BCUT2D eigenvalue weighted by atomic mass is 35.5. The fourth-order valence-corrected chi connectivity index (χ4v) is 3.09.